The molecule has 0 spiro atoms. The fourth-order valence-corrected chi connectivity index (χ4v) is 4.40. The Labute approximate surface area is 120 Å². The van der Waals surface area contributed by atoms with Gasteiger partial charge in [0.2, 0.25) is 5.91 Å². The summed E-state index contributed by atoms with van der Waals surface area (Å²) in [5.41, 5.74) is 5.24. The van der Waals surface area contributed by atoms with Crippen molar-refractivity contribution in [1.82, 2.24) is 5.32 Å². The second-order valence-corrected chi connectivity index (χ2v) is 7.45. The predicted molar refractivity (Wildman–Crippen MR) is 79.2 cm³/mol. The maximum atomic E-state index is 12.0. The Bertz CT molecular complexity index is 321. The number of rotatable bonds is 7. The van der Waals surface area contributed by atoms with Crippen molar-refractivity contribution in [2.45, 2.75) is 56.4 Å². The maximum Gasteiger partial charge on any atom is 0.238 e. The molecule has 1 aliphatic carbocycles. The Balaban J connectivity index is 1.89. The van der Waals surface area contributed by atoms with Crippen molar-refractivity contribution < 1.29 is 9.53 Å². The fraction of sp³-hybridized carbons (Fsp3) is 0.929. The molecule has 1 heterocycles. The summed E-state index contributed by atoms with van der Waals surface area (Å²) < 4.78 is 5.18. The second kappa shape index (κ2) is 6.46. The molecule has 19 heavy (non-hydrogen) atoms. The molecule has 0 aromatic heterocycles. The van der Waals surface area contributed by atoms with E-state index in [9.17, 15) is 4.79 Å². The van der Waals surface area contributed by atoms with E-state index in [1.165, 1.54) is 0 Å². The van der Waals surface area contributed by atoms with E-state index in [1.54, 1.807) is 0 Å². The molecule has 2 atom stereocenters. The van der Waals surface area contributed by atoms with E-state index in [0.717, 1.165) is 44.6 Å². The Morgan fingerprint density at radius 2 is 2.26 bits per heavy atom. The van der Waals surface area contributed by atoms with E-state index >= 15 is 0 Å². The molecule has 0 aromatic carbocycles. The first-order valence-corrected chi connectivity index (χ1v) is 8.36. The lowest BCUT2D eigenvalue weighted by atomic mass is 9.83. The largest absolute Gasteiger partial charge is 0.379 e. The first-order valence-electron chi connectivity index (χ1n) is 7.31. The summed E-state index contributed by atoms with van der Waals surface area (Å²) in [6, 6.07) is 0.292. The van der Waals surface area contributed by atoms with Crippen LogP contribution in [0.15, 0.2) is 0 Å². The standard InChI is InChI=1S/C14H26N2O2S/c1-10(2)16-14(13(15)17)6-3-4-11(14)5-7-19-12-8-18-9-12/h10-12,16H,3-9H2,1-2H3,(H2,15,17). The average molecular weight is 286 g/mol. The molecule has 5 heteroatoms. The second-order valence-electron chi connectivity index (χ2n) is 6.04. The Morgan fingerprint density at radius 1 is 1.53 bits per heavy atom. The van der Waals surface area contributed by atoms with Crippen LogP contribution in [0.2, 0.25) is 0 Å². The Kier molecular flexibility index (Phi) is 5.15. The van der Waals surface area contributed by atoms with E-state index in [0.29, 0.717) is 17.2 Å². The number of amides is 1. The van der Waals surface area contributed by atoms with Crippen LogP contribution in [-0.2, 0) is 9.53 Å². The SMILES string of the molecule is CC(C)NC1(C(N)=O)CCCC1CCSC1COC1. The zero-order valence-corrected chi connectivity index (χ0v) is 12.8. The molecule has 1 amide bonds. The van der Waals surface area contributed by atoms with Gasteiger partial charge in [-0.25, -0.2) is 0 Å². The van der Waals surface area contributed by atoms with E-state index in [1.807, 2.05) is 11.8 Å². The zero-order chi connectivity index (χ0) is 13.9. The van der Waals surface area contributed by atoms with Crippen molar-refractivity contribution in [2.75, 3.05) is 19.0 Å². The van der Waals surface area contributed by atoms with Crippen LogP contribution in [0.3, 0.4) is 0 Å². The number of hydrogen-bond donors (Lipinski definition) is 2. The number of carbonyl (C=O) groups is 1. The van der Waals surface area contributed by atoms with Crippen molar-refractivity contribution in [3.05, 3.63) is 0 Å². The highest BCUT2D eigenvalue weighted by Crippen LogP contribution is 2.39. The Morgan fingerprint density at radius 3 is 2.79 bits per heavy atom. The molecular weight excluding hydrogens is 260 g/mol. The molecule has 1 saturated heterocycles. The molecule has 2 unspecified atom stereocenters. The molecular formula is C14H26N2O2S. The van der Waals surface area contributed by atoms with Crippen LogP contribution in [-0.4, -0.2) is 41.7 Å². The lowest BCUT2D eigenvalue weighted by Crippen LogP contribution is -2.60. The predicted octanol–water partition coefficient (Wildman–Crippen LogP) is 1.53. The van der Waals surface area contributed by atoms with Crippen LogP contribution in [0.1, 0.15) is 39.5 Å². The molecule has 4 nitrogen and oxygen atoms in total. The van der Waals surface area contributed by atoms with Crippen molar-refractivity contribution in [2.24, 2.45) is 11.7 Å². The molecule has 1 saturated carbocycles. The van der Waals surface area contributed by atoms with Crippen LogP contribution in [0.25, 0.3) is 0 Å². The minimum absolute atomic E-state index is 0.166. The summed E-state index contributed by atoms with van der Waals surface area (Å²) in [5.74, 6) is 1.33. The molecule has 3 N–H and O–H groups in total. The Hall–Kier alpha value is -0.260. The number of thioether (sulfide) groups is 1. The van der Waals surface area contributed by atoms with Gasteiger partial charge in [-0.05, 0) is 44.8 Å². The molecule has 2 fully saturated rings. The minimum atomic E-state index is -0.467. The summed E-state index contributed by atoms with van der Waals surface area (Å²) in [4.78, 5) is 12.0. The molecule has 0 radical (unpaired) electrons. The lowest BCUT2D eigenvalue weighted by Gasteiger charge is -2.36. The lowest BCUT2D eigenvalue weighted by molar-refractivity contribution is -0.126. The van der Waals surface area contributed by atoms with Gasteiger partial charge in [-0.2, -0.15) is 11.8 Å². The van der Waals surface area contributed by atoms with Crippen molar-refractivity contribution in [3.63, 3.8) is 0 Å². The monoisotopic (exact) mass is 286 g/mol. The number of carbonyl (C=O) groups excluding carboxylic acids is 1. The zero-order valence-electron chi connectivity index (χ0n) is 12.0. The van der Waals surface area contributed by atoms with Gasteiger partial charge in [0.25, 0.3) is 0 Å². The van der Waals surface area contributed by atoms with Crippen LogP contribution >= 0.6 is 11.8 Å². The van der Waals surface area contributed by atoms with Gasteiger partial charge in [0.1, 0.15) is 5.54 Å². The van der Waals surface area contributed by atoms with Crippen LogP contribution < -0.4 is 11.1 Å². The minimum Gasteiger partial charge on any atom is -0.379 e. The highest BCUT2D eigenvalue weighted by atomic mass is 32.2. The fourth-order valence-electron chi connectivity index (χ4n) is 3.26. The van der Waals surface area contributed by atoms with Gasteiger partial charge in [-0.3, -0.25) is 4.79 Å². The molecule has 110 valence electrons. The van der Waals surface area contributed by atoms with Gasteiger partial charge in [0, 0.05) is 6.04 Å². The van der Waals surface area contributed by atoms with E-state index in [-0.39, 0.29) is 5.91 Å². The van der Waals surface area contributed by atoms with Gasteiger partial charge in [-0.1, -0.05) is 6.42 Å². The summed E-state index contributed by atoms with van der Waals surface area (Å²) in [5, 5.41) is 4.13. The van der Waals surface area contributed by atoms with Crippen molar-refractivity contribution in [3.8, 4) is 0 Å². The third-order valence-corrected chi connectivity index (χ3v) is 5.45. The molecule has 1 aliphatic heterocycles. The normalized spacial score (nSPS) is 31.6. The number of nitrogens with one attached hydrogen (secondary N) is 1. The number of nitrogens with two attached hydrogens (primary N) is 1. The first-order chi connectivity index (χ1) is 9.04. The van der Waals surface area contributed by atoms with Gasteiger partial charge in [-0.15, -0.1) is 0 Å². The summed E-state index contributed by atoms with van der Waals surface area (Å²) in [6.45, 7) is 5.95. The summed E-state index contributed by atoms with van der Waals surface area (Å²) in [6.07, 6.45) is 4.18. The third kappa shape index (κ3) is 3.44. The summed E-state index contributed by atoms with van der Waals surface area (Å²) >= 11 is 1.98. The smallest absolute Gasteiger partial charge is 0.238 e. The summed E-state index contributed by atoms with van der Waals surface area (Å²) in [7, 11) is 0. The number of ether oxygens (including phenoxy) is 1. The van der Waals surface area contributed by atoms with Crippen LogP contribution in [0.5, 0.6) is 0 Å². The highest BCUT2D eigenvalue weighted by molar-refractivity contribution is 8.00. The first kappa shape index (κ1) is 15.1. The quantitative estimate of drug-likeness (QED) is 0.745. The number of hydrogen-bond acceptors (Lipinski definition) is 4. The van der Waals surface area contributed by atoms with E-state index in [4.69, 9.17) is 10.5 Å². The molecule has 2 rings (SSSR count). The third-order valence-electron chi connectivity index (χ3n) is 4.23. The van der Waals surface area contributed by atoms with Gasteiger partial charge in [0.15, 0.2) is 0 Å². The van der Waals surface area contributed by atoms with Gasteiger partial charge in [0.05, 0.1) is 18.5 Å². The topological polar surface area (TPSA) is 64.3 Å². The molecule has 0 aromatic rings. The maximum absolute atomic E-state index is 12.0. The number of primary amides is 1. The molecule has 0 bridgehead atoms. The highest BCUT2D eigenvalue weighted by Gasteiger charge is 2.47. The average Bonchev–Trinajstić information content (AvgIpc) is 2.65. The van der Waals surface area contributed by atoms with Crippen molar-refractivity contribution >= 4 is 17.7 Å². The van der Waals surface area contributed by atoms with Crippen molar-refractivity contribution in [1.29, 1.82) is 0 Å². The van der Waals surface area contributed by atoms with E-state index in [2.05, 4.69) is 19.2 Å². The van der Waals surface area contributed by atoms with Gasteiger partial charge >= 0.3 is 0 Å². The van der Waals surface area contributed by atoms with Gasteiger partial charge < -0.3 is 15.8 Å². The van der Waals surface area contributed by atoms with Crippen LogP contribution in [0, 0.1) is 5.92 Å². The van der Waals surface area contributed by atoms with Crippen LogP contribution in [0.4, 0.5) is 0 Å². The molecule has 2 aliphatic rings. The van der Waals surface area contributed by atoms with E-state index < -0.39 is 5.54 Å².